The molecule has 0 N–H and O–H groups in total. The Morgan fingerprint density at radius 2 is 2.60 bits per heavy atom. The monoisotopic (exact) mass is 132 g/mol. The van der Waals surface area contributed by atoms with Gasteiger partial charge in [-0.05, 0) is 18.2 Å². The van der Waals surface area contributed by atoms with Crippen LogP contribution in [0.2, 0.25) is 0 Å². The molecule has 0 fully saturated rings. The van der Waals surface area contributed by atoms with Crippen LogP contribution in [-0.4, -0.2) is 6.61 Å². The quantitative estimate of drug-likeness (QED) is 0.609. The Kier molecular flexibility index (Phi) is 2.33. The van der Waals surface area contributed by atoms with Crippen LogP contribution >= 0.6 is 0 Å². The fourth-order valence-corrected chi connectivity index (χ4v) is 0.582. The second-order valence-corrected chi connectivity index (χ2v) is 1.69. The predicted octanol–water partition coefficient (Wildman–Crippen LogP) is 1.39. The van der Waals surface area contributed by atoms with Gasteiger partial charge in [-0.15, -0.1) is 0 Å². The molecule has 0 aliphatic rings. The second kappa shape index (κ2) is 3.52. The van der Waals surface area contributed by atoms with Crippen LogP contribution in [0, 0.1) is 17.4 Å². The first-order chi connectivity index (χ1) is 4.93. The van der Waals surface area contributed by atoms with Gasteiger partial charge < -0.3 is 4.74 Å². The van der Waals surface area contributed by atoms with Crippen molar-refractivity contribution in [1.82, 2.24) is 0 Å². The maximum atomic E-state index is 8.14. The lowest BCUT2D eigenvalue weighted by Crippen LogP contribution is -1.91. The van der Waals surface area contributed by atoms with Crippen LogP contribution in [0.4, 0.5) is 0 Å². The fraction of sp³-hybridized carbons (Fsp3) is 0.125. The number of nitrogens with zero attached hydrogens (tertiary/aromatic N) is 1. The topological polar surface area (TPSA) is 33.0 Å². The van der Waals surface area contributed by atoms with Crippen molar-refractivity contribution in [2.45, 2.75) is 0 Å². The SMILES string of the molecule is N#CCOc1c[c]ccc1. The highest BCUT2D eigenvalue weighted by atomic mass is 16.5. The smallest absolute Gasteiger partial charge is 0.174 e. The van der Waals surface area contributed by atoms with Crippen LogP contribution in [0.5, 0.6) is 5.75 Å². The Morgan fingerprint density at radius 3 is 3.20 bits per heavy atom. The van der Waals surface area contributed by atoms with Crippen LogP contribution < -0.4 is 4.74 Å². The van der Waals surface area contributed by atoms with E-state index in [1.165, 1.54) is 0 Å². The van der Waals surface area contributed by atoms with Crippen LogP contribution in [0.1, 0.15) is 0 Å². The highest BCUT2D eigenvalue weighted by molar-refractivity contribution is 5.20. The molecule has 1 aromatic rings. The van der Waals surface area contributed by atoms with Gasteiger partial charge in [-0.3, -0.25) is 0 Å². The lowest BCUT2D eigenvalue weighted by molar-refractivity contribution is 0.368. The number of hydrogen-bond donors (Lipinski definition) is 0. The number of hydrogen-bond acceptors (Lipinski definition) is 2. The van der Waals surface area contributed by atoms with Gasteiger partial charge in [0.1, 0.15) is 11.8 Å². The van der Waals surface area contributed by atoms with E-state index in [1.807, 2.05) is 12.1 Å². The summed E-state index contributed by atoms with van der Waals surface area (Å²) in [6.45, 7) is 0.0951. The van der Waals surface area contributed by atoms with E-state index in [2.05, 4.69) is 6.07 Å². The maximum Gasteiger partial charge on any atom is 0.174 e. The third-order valence-corrected chi connectivity index (χ3v) is 0.982. The van der Waals surface area contributed by atoms with Crippen LogP contribution in [-0.2, 0) is 0 Å². The number of benzene rings is 1. The molecule has 0 atom stereocenters. The summed E-state index contributed by atoms with van der Waals surface area (Å²) in [7, 11) is 0. The van der Waals surface area contributed by atoms with E-state index in [4.69, 9.17) is 10.00 Å². The number of rotatable bonds is 2. The Hall–Kier alpha value is -1.49. The highest BCUT2D eigenvalue weighted by Gasteiger charge is 1.86. The summed E-state index contributed by atoms with van der Waals surface area (Å²) < 4.78 is 4.96. The molecule has 0 aromatic heterocycles. The van der Waals surface area contributed by atoms with Crippen LogP contribution in [0.25, 0.3) is 0 Å². The van der Waals surface area contributed by atoms with E-state index in [1.54, 1.807) is 18.2 Å². The molecule has 1 aromatic carbocycles. The summed E-state index contributed by atoms with van der Waals surface area (Å²) >= 11 is 0. The summed E-state index contributed by atoms with van der Waals surface area (Å²) in [5.74, 6) is 0.684. The molecule has 1 rings (SSSR count). The Labute approximate surface area is 59.7 Å². The zero-order chi connectivity index (χ0) is 7.23. The third kappa shape index (κ3) is 1.79. The van der Waals surface area contributed by atoms with Crippen LogP contribution in [0.3, 0.4) is 0 Å². The zero-order valence-corrected chi connectivity index (χ0v) is 5.37. The number of ether oxygens (including phenoxy) is 1. The van der Waals surface area contributed by atoms with E-state index in [0.29, 0.717) is 5.75 Å². The average Bonchev–Trinajstić information content (AvgIpc) is 2.03. The summed E-state index contributed by atoms with van der Waals surface area (Å²) in [6.07, 6.45) is 0. The number of nitriles is 1. The van der Waals surface area contributed by atoms with Crippen molar-refractivity contribution >= 4 is 0 Å². The molecular weight excluding hydrogens is 126 g/mol. The second-order valence-electron chi connectivity index (χ2n) is 1.69. The molecule has 49 valence electrons. The van der Waals surface area contributed by atoms with Crippen molar-refractivity contribution in [3.8, 4) is 11.8 Å². The van der Waals surface area contributed by atoms with E-state index < -0.39 is 0 Å². The standard InChI is InChI=1S/C8H6NO/c9-6-7-10-8-4-2-1-3-5-8/h1-2,4-5H,7H2. The Bertz CT molecular complexity index is 225. The van der Waals surface area contributed by atoms with Gasteiger partial charge in [-0.2, -0.15) is 5.26 Å². The molecule has 10 heavy (non-hydrogen) atoms. The van der Waals surface area contributed by atoms with Gasteiger partial charge in [0.2, 0.25) is 0 Å². The molecule has 0 spiro atoms. The summed E-state index contributed by atoms with van der Waals surface area (Å²) in [5, 5.41) is 8.14. The average molecular weight is 132 g/mol. The molecule has 0 heterocycles. The molecule has 2 heteroatoms. The molecule has 2 nitrogen and oxygen atoms in total. The van der Waals surface area contributed by atoms with Crippen molar-refractivity contribution in [3.63, 3.8) is 0 Å². The molecule has 0 saturated carbocycles. The van der Waals surface area contributed by atoms with Crippen molar-refractivity contribution in [2.75, 3.05) is 6.61 Å². The lowest BCUT2D eigenvalue weighted by atomic mass is 10.3. The van der Waals surface area contributed by atoms with Gasteiger partial charge >= 0.3 is 0 Å². The van der Waals surface area contributed by atoms with Crippen molar-refractivity contribution in [2.24, 2.45) is 0 Å². The van der Waals surface area contributed by atoms with Crippen molar-refractivity contribution < 1.29 is 4.74 Å². The van der Waals surface area contributed by atoms with Crippen molar-refractivity contribution in [1.29, 1.82) is 5.26 Å². The molecule has 0 bridgehead atoms. The van der Waals surface area contributed by atoms with E-state index in [0.717, 1.165) is 0 Å². The molecular formula is C8H6NO. The van der Waals surface area contributed by atoms with Gasteiger partial charge in [0.05, 0.1) is 0 Å². The van der Waals surface area contributed by atoms with Crippen molar-refractivity contribution in [3.05, 3.63) is 30.3 Å². The fourth-order valence-electron chi connectivity index (χ4n) is 0.582. The van der Waals surface area contributed by atoms with Gasteiger partial charge in [0.15, 0.2) is 6.61 Å². The van der Waals surface area contributed by atoms with E-state index in [9.17, 15) is 0 Å². The third-order valence-electron chi connectivity index (χ3n) is 0.982. The van der Waals surface area contributed by atoms with E-state index >= 15 is 0 Å². The van der Waals surface area contributed by atoms with Gasteiger partial charge in [0.25, 0.3) is 0 Å². The highest BCUT2D eigenvalue weighted by Crippen LogP contribution is 2.06. The van der Waals surface area contributed by atoms with Crippen LogP contribution in [0.15, 0.2) is 24.3 Å². The molecule has 0 saturated heterocycles. The Balaban J connectivity index is 2.52. The molecule has 0 aliphatic carbocycles. The minimum Gasteiger partial charge on any atom is -0.479 e. The Morgan fingerprint density at radius 1 is 1.70 bits per heavy atom. The lowest BCUT2D eigenvalue weighted by Gasteiger charge is -1.97. The molecule has 1 radical (unpaired) electrons. The normalized spacial score (nSPS) is 8.30. The van der Waals surface area contributed by atoms with Gasteiger partial charge in [0, 0.05) is 0 Å². The predicted molar refractivity (Wildman–Crippen MR) is 36.4 cm³/mol. The summed E-state index contributed by atoms with van der Waals surface area (Å²) in [6, 6.07) is 11.8. The minimum absolute atomic E-state index is 0.0951. The summed E-state index contributed by atoms with van der Waals surface area (Å²) in [5.41, 5.74) is 0. The van der Waals surface area contributed by atoms with Gasteiger partial charge in [-0.1, -0.05) is 12.1 Å². The minimum atomic E-state index is 0.0951. The zero-order valence-electron chi connectivity index (χ0n) is 5.37. The van der Waals surface area contributed by atoms with Gasteiger partial charge in [-0.25, -0.2) is 0 Å². The first-order valence-corrected chi connectivity index (χ1v) is 2.89. The first-order valence-electron chi connectivity index (χ1n) is 2.89. The van der Waals surface area contributed by atoms with E-state index in [-0.39, 0.29) is 6.61 Å². The molecule has 0 amide bonds. The summed E-state index contributed by atoms with van der Waals surface area (Å²) in [4.78, 5) is 0. The first kappa shape index (κ1) is 6.63. The molecule has 0 unspecified atom stereocenters. The largest absolute Gasteiger partial charge is 0.479 e. The molecule has 0 aliphatic heterocycles. The maximum absolute atomic E-state index is 8.14.